The molecule has 0 spiro atoms. The molecule has 2 N–H and O–H groups in total. The second kappa shape index (κ2) is 4.73. The number of aryl methyl sites for hydroxylation is 3. The quantitative estimate of drug-likeness (QED) is 0.805. The van der Waals surface area contributed by atoms with E-state index < -0.39 is 0 Å². The van der Waals surface area contributed by atoms with Crippen LogP contribution in [0.25, 0.3) is 0 Å². The third-order valence-corrected chi connectivity index (χ3v) is 3.20. The summed E-state index contributed by atoms with van der Waals surface area (Å²) in [6.45, 7) is 6.32. The fourth-order valence-corrected chi connectivity index (χ4v) is 2.41. The number of nitrogen functional groups attached to an aromatic ring is 1. The Hall–Kier alpha value is -1.96. The minimum Gasteiger partial charge on any atom is -0.397 e. The standard InChI is InChI=1S/C16H20N2/c1-11-8-12(2)10-14(9-11)18(4)16-13(3)6-5-7-15(16)17/h5-10H,17H2,1-4H3. The van der Waals surface area contributed by atoms with Crippen molar-refractivity contribution in [3.8, 4) is 0 Å². The zero-order valence-electron chi connectivity index (χ0n) is 11.5. The third-order valence-electron chi connectivity index (χ3n) is 3.20. The number of hydrogen-bond donors (Lipinski definition) is 1. The maximum absolute atomic E-state index is 6.09. The highest BCUT2D eigenvalue weighted by atomic mass is 15.1. The molecule has 2 nitrogen and oxygen atoms in total. The summed E-state index contributed by atoms with van der Waals surface area (Å²) in [6, 6.07) is 12.6. The van der Waals surface area contributed by atoms with Gasteiger partial charge in [-0.05, 0) is 55.7 Å². The Bertz CT molecular complexity index is 533. The van der Waals surface area contributed by atoms with Crippen molar-refractivity contribution in [2.24, 2.45) is 0 Å². The average Bonchev–Trinajstić information content (AvgIpc) is 2.27. The molecule has 0 atom stereocenters. The van der Waals surface area contributed by atoms with Crippen molar-refractivity contribution in [1.29, 1.82) is 0 Å². The van der Waals surface area contributed by atoms with Gasteiger partial charge in [-0.2, -0.15) is 0 Å². The first-order chi connectivity index (χ1) is 8.49. The van der Waals surface area contributed by atoms with Crippen LogP contribution >= 0.6 is 0 Å². The number of nitrogens with zero attached hydrogens (tertiary/aromatic N) is 1. The van der Waals surface area contributed by atoms with E-state index in [1.165, 1.54) is 22.4 Å². The monoisotopic (exact) mass is 240 g/mol. The molecule has 0 saturated heterocycles. The van der Waals surface area contributed by atoms with Crippen LogP contribution in [0.4, 0.5) is 17.1 Å². The number of rotatable bonds is 2. The Morgan fingerprint density at radius 3 is 2.11 bits per heavy atom. The van der Waals surface area contributed by atoms with Crippen molar-refractivity contribution >= 4 is 17.1 Å². The minimum absolute atomic E-state index is 0.816. The predicted octanol–water partition coefficient (Wildman–Crippen LogP) is 3.96. The van der Waals surface area contributed by atoms with E-state index in [1.807, 2.05) is 12.1 Å². The van der Waals surface area contributed by atoms with Gasteiger partial charge in [0.15, 0.2) is 0 Å². The molecule has 2 rings (SSSR count). The van der Waals surface area contributed by atoms with Crippen LogP contribution in [0.3, 0.4) is 0 Å². The van der Waals surface area contributed by atoms with Crippen LogP contribution in [-0.4, -0.2) is 7.05 Å². The summed E-state index contributed by atoms with van der Waals surface area (Å²) < 4.78 is 0. The molecule has 2 heteroatoms. The minimum atomic E-state index is 0.816. The van der Waals surface area contributed by atoms with Crippen molar-refractivity contribution in [2.45, 2.75) is 20.8 Å². The number of nitrogens with two attached hydrogens (primary N) is 1. The first kappa shape index (κ1) is 12.5. The molecular weight excluding hydrogens is 220 g/mol. The van der Waals surface area contributed by atoms with Crippen molar-refractivity contribution in [1.82, 2.24) is 0 Å². The summed E-state index contributed by atoms with van der Waals surface area (Å²) in [6.07, 6.45) is 0. The molecule has 0 heterocycles. The summed E-state index contributed by atoms with van der Waals surface area (Å²) in [5.41, 5.74) is 12.9. The molecule has 2 aromatic carbocycles. The molecule has 18 heavy (non-hydrogen) atoms. The lowest BCUT2D eigenvalue weighted by atomic mass is 10.1. The molecule has 0 aliphatic heterocycles. The second-order valence-corrected chi connectivity index (χ2v) is 4.92. The third kappa shape index (κ3) is 2.33. The summed E-state index contributed by atoms with van der Waals surface area (Å²) in [7, 11) is 2.06. The van der Waals surface area contributed by atoms with Gasteiger partial charge in [-0.25, -0.2) is 0 Å². The van der Waals surface area contributed by atoms with Gasteiger partial charge < -0.3 is 10.6 Å². The molecule has 0 saturated carbocycles. The van der Waals surface area contributed by atoms with Gasteiger partial charge in [0.2, 0.25) is 0 Å². The van der Waals surface area contributed by atoms with Crippen LogP contribution < -0.4 is 10.6 Å². The number of para-hydroxylation sites is 1. The molecule has 0 aliphatic carbocycles. The maximum atomic E-state index is 6.09. The molecule has 0 amide bonds. The fraction of sp³-hybridized carbons (Fsp3) is 0.250. The van der Waals surface area contributed by atoms with Crippen LogP contribution in [0.5, 0.6) is 0 Å². The molecule has 2 aromatic rings. The highest BCUT2D eigenvalue weighted by molar-refractivity contribution is 5.77. The molecule has 0 aromatic heterocycles. The van der Waals surface area contributed by atoms with E-state index in [-0.39, 0.29) is 0 Å². The van der Waals surface area contributed by atoms with Crippen LogP contribution in [-0.2, 0) is 0 Å². The molecule has 0 aliphatic rings. The highest BCUT2D eigenvalue weighted by Crippen LogP contribution is 2.32. The van der Waals surface area contributed by atoms with Gasteiger partial charge in [0, 0.05) is 12.7 Å². The van der Waals surface area contributed by atoms with Gasteiger partial charge in [-0.15, -0.1) is 0 Å². The van der Waals surface area contributed by atoms with Gasteiger partial charge in [-0.1, -0.05) is 18.2 Å². The smallest absolute Gasteiger partial charge is 0.0671 e. The van der Waals surface area contributed by atoms with E-state index in [4.69, 9.17) is 5.73 Å². The van der Waals surface area contributed by atoms with Gasteiger partial charge in [0.05, 0.1) is 11.4 Å². The molecule has 0 radical (unpaired) electrons. The van der Waals surface area contributed by atoms with Gasteiger partial charge in [-0.3, -0.25) is 0 Å². The Morgan fingerprint density at radius 1 is 0.944 bits per heavy atom. The van der Waals surface area contributed by atoms with Crippen molar-refractivity contribution in [3.05, 3.63) is 53.1 Å². The van der Waals surface area contributed by atoms with Gasteiger partial charge >= 0.3 is 0 Å². The molecule has 0 bridgehead atoms. The lowest BCUT2D eigenvalue weighted by molar-refractivity contribution is 1.17. The number of anilines is 3. The van der Waals surface area contributed by atoms with E-state index in [1.54, 1.807) is 0 Å². The normalized spacial score (nSPS) is 10.4. The van der Waals surface area contributed by atoms with Crippen molar-refractivity contribution in [2.75, 3.05) is 17.7 Å². The fourth-order valence-electron chi connectivity index (χ4n) is 2.41. The zero-order valence-corrected chi connectivity index (χ0v) is 11.5. The highest BCUT2D eigenvalue weighted by Gasteiger charge is 2.10. The van der Waals surface area contributed by atoms with E-state index in [0.29, 0.717) is 0 Å². The molecular formula is C16H20N2. The SMILES string of the molecule is Cc1cc(C)cc(N(C)c2c(C)cccc2N)c1. The Balaban J connectivity index is 2.51. The summed E-state index contributed by atoms with van der Waals surface area (Å²) >= 11 is 0. The lowest BCUT2D eigenvalue weighted by Gasteiger charge is -2.24. The first-order valence-corrected chi connectivity index (χ1v) is 6.16. The predicted molar refractivity (Wildman–Crippen MR) is 79.6 cm³/mol. The van der Waals surface area contributed by atoms with E-state index >= 15 is 0 Å². The van der Waals surface area contributed by atoms with Crippen LogP contribution in [0.1, 0.15) is 16.7 Å². The van der Waals surface area contributed by atoms with E-state index in [2.05, 4.69) is 57.0 Å². The second-order valence-electron chi connectivity index (χ2n) is 4.92. The largest absolute Gasteiger partial charge is 0.397 e. The Kier molecular flexibility index (Phi) is 3.28. The van der Waals surface area contributed by atoms with Crippen LogP contribution in [0, 0.1) is 20.8 Å². The van der Waals surface area contributed by atoms with E-state index in [0.717, 1.165) is 11.4 Å². The maximum Gasteiger partial charge on any atom is 0.0671 e. The number of benzene rings is 2. The number of hydrogen-bond acceptors (Lipinski definition) is 2. The average molecular weight is 240 g/mol. The topological polar surface area (TPSA) is 29.3 Å². The van der Waals surface area contributed by atoms with Gasteiger partial charge in [0.25, 0.3) is 0 Å². The van der Waals surface area contributed by atoms with Crippen molar-refractivity contribution < 1.29 is 0 Å². The van der Waals surface area contributed by atoms with Gasteiger partial charge in [0.1, 0.15) is 0 Å². The Labute approximate surface area is 109 Å². The summed E-state index contributed by atoms with van der Waals surface area (Å²) in [4.78, 5) is 2.16. The van der Waals surface area contributed by atoms with Crippen LogP contribution in [0.15, 0.2) is 36.4 Å². The van der Waals surface area contributed by atoms with Crippen molar-refractivity contribution in [3.63, 3.8) is 0 Å². The lowest BCUT2D eigenvalue weighted by Crippen LogP contribution is -2.13. The summed E-state index contributed by atoms with van der Waals surface area (Å²) in [5.74, 6) is 0. The molecule has 0 fully saturated rings. The van der Waals surface area contributed by atoms with E-state index in [9.17, 15) is 0 Å². The first-order valence-electron chi connectivity index (χ1n) is 6.16. The molecule has 94 valence electrons. The molecule has 0 unspecified atom stereocenters. The van der Waals surface area contributed by atoms with Crippen LogP contribution in [0.2, 0.25) is 0 Å². The zero-order chi connectivity index (χ0) is 13.3. The summed E-state index contributed by atoms with van der Waals surface area (Å²) in [5, 5.41) is 0. The Morgan fingerprint density at radius 2 is 1.56 bits per heavy atom.